The fraction of sp³-hybridized carbons (Fsp3) is 0.217. The maximum atomic E-state index is 12.7. The molecule has 8 heteroatoms. The third kappa shape index (κ3) is 6.15. The predicted molar refractivity (Wildman–Crippen MR) is 113 cm³/mol. The molecule has 0 unspecified atom stereocenters. The van der Waals surface area contributed by atoms with Gasteiger partial charge in [0, 0.05) is 37.0 Å². The van der Waals surface area contributed by atoms with Gasteiger partial charge in [-0.1, -0.05) is 42.5 Å². The van der Waals surface area contributed by atoms with E-state index in [1.807, 2.05) is 41.2 Å². The number of carbonyl (C=O) groups excluding carboxylic acids is 1. The molecule has 31 heavy (non-hydrogen) atoms. The van der Waals surface area contributed by atoms with E-state index in [-0.39, 0.29) is 17.4 Å². The molecule has 0 radical (unpaired) electrons. The highest BCUT2D eigenvalue weighted by Gasteiger charge is 2.14. The van der Waals surface area contributed by atoms with Crippen LogP contribution in [-0.2, 0) is 17.9 Å². The van der Waals surface area contributed by atoms with Crippen LogP contribution in [0.1, 0.15) is 16.7 Å². The van der Waals surface area contributed by atoms with Crippen LogP contribution < -0.4 is 9.47 Å². The summed E-state index contributed by atoms with van der Waals surface area (Å²) in [6.45, 7) is -2.01. The van der Waals surface area contributed by atoms with Gasteiger partial charge >= 0.3 is 6.61 Å². The van der Waals surface area contributed by atoms with Crippen molar-refractivity contribution in [3.63, 3.8) is 0 Å². The Labute approximate surface area is 179 Å². The summed E-state index contributed by atoms with van der Waals surface area (Å²) in [5, 5.41) is 4.33. The molecule has 3 aromatic rings. The van der Waals surface area contributed by atoms with Gasteiger partial charge in [0.2, 0.25) is 5.91 Å². The number of benzene rings is 2. The Morgan fingerprint density at radius 3 is 2.65 bits per heavy atom. The van der Waals surface area contributed by atoms with Crippen LogP contribution in [-0.4, -0.2) is 41.4 Å². The van der Waals surface area contributed by atoms with E-state index >= 15 is 0 Å². The number of amides is 1. The van der Waals surface area contributed by atoms with Crippen LogP contribution in [0.15, 0.2) is 67.0 Å². The lowest BCUT2D eigenvalue weighted by molar-refractivity contribution is -0.125. The Morgan fingerprint density at radius 1 is 1.16 bits per heavy atom. The summed E-state index contributed by atoms with van der Waals surface area (Å²) in [5.74, 6) is -0.246. The maximum Gasteiger partial charge on any atom is 0.387 e. The summed E-state index contributed by atoms with van der Waals surface area (Å²) < 4.78 is 36.9. The van der Waals surface area contributed by atoms with Gasteiger partial charge in [0.05, 0.1) is 19.9 Å². The Kier molecular flexibility index (Phi) is 7.37. The van der Waals surface area contributed by atoms with Crippen LogP contribution in [0.5, 0.6) is 11.5 Å². The summed E-state index contributed by atoms with van der Waals surface area (Å²) in [4.78, 5) is 14.0. The van der Waals surface area contributed by atoms with Crippen LogP contribution in [0.25, 0.3) is 6.08 Å². The highest BCUT2D eigenvalue weighted by molar-refractivity contribution is 5.92. The van der Waals surface area contributed by atoms with E-state index in [1.165, 1.54) is 30.2 Å². The van der Waals surface area contributed by atoms with Gasteiger partial charge < -0.3 is 14.4 Å². The Bertz CT molecular complexity index is 1040. The summed E-state index contributed by atoms with van der Waals surface area (Å²) in [6.07, 6.45) is 6.34. The number of methoxy groups -OCH3 is 1. The molecule has 2 aromatic carbocycles. The van der Waals surface area contributed by atoms with Crippen molar-refractivity contribution in [2.75, 3.05) is 14.2 Å². The van der Waals surface area contributed by atoms with Gasteiger partial charge in [0.15, 0.2) is 11.5 Å². The zero-order chi connectivity index (χ0) is 22.2. The normalized spacial score (nSPS) is 11.1. The summed E-state index contributed by atoms with van der Waals surface area (Å²) >= 11 is 0. The van der Waals surface area contributed by atoms with Crippen molar-refractivity contribution < 1.29 is 23.0 Å². The van der Waals surface area contributed by atoms with Crippen LogP contribution in [0.4, 0.5) is 8.78 Å². The molecule has 0 aliphatic heterocycles. The van der Waals surface area contributed by atoms with Gasteiger partial charge in [-0.2, -0.15) is 13.9 Å². The van der Waals surface area contributed by atoms with Crippen molar-refractivity contribution in [3.05, 3.63) is 83.7 Å². The molecule has 3 rings (SSSR count). The number of rotatable bonds is 9. The Morgan fingerprint density at radius 2 is 1.94 bits per heavy atom. The zero-order valence-electron chi connectivity index (χ0n) is 17.2. The first kappa shape index (κ1) is 22.0. The average molecular weight is 427 g/mol. The topological polar surface area (TPSA) is 56.6 Å². The zero-order valence-corrected chi connectivity index (χ0v) is 17.2. The lowest BCUT2D eigenvalue weighted by atomic mass is 10.1. The van der Waals surface area contributed by atoms with Gasteiger partial charge in [-0.3, -0.25) is 9.48 Å². The first-order chi connectivity index (χ1) is 15.0. The van der Waals surface area contributed by atoms with E-state index < -0.39 is 6.61 Å². The third-order valence-corrected chi connectivity index (χ3v) is 4.51. The van der Waals surface area contributed by atoms with E-state index in [9.17, 15) is 13.6 Å². The summed E-state index contributed by atoms with van der Waals surface area (Å²) in [5.41, 5.74) is 2.32. The molecule has 162 valence electrons. The molecule has 1 heterocycles. The van der Waals surface area contributed by atoms with Gasteiger partial charge in [0.25, 0.3) is 0 Å². The number of ether oxygens (including phenoxy) is 2. The minimum absolute atomic E-state index is 0.117. The van der Waals surface area contributed by atoms with Crippen molar-refractivity contribution in [3.8, 4) is 11.5 Å². The van der Waals surface area contributed by atoms with Crippen LogP contribution >= 0.6 is 0 Å². The second-order valence-corrected chi connectivity index (χ2v) is 6.82. The number of halogens is 2. The minimum Gasteiger partial charge on any atom is -0.493 e. The molecule has 1 aromatic heterocycles. The average Bonchev–Trinajstić information content (AvgIpc) is 3.19. The highest BCUT2D eigenvalue weighted by Crippen LogP contribution is 2.33. The molecule has 1 amide bonds. The standard InChI is InChI=1S/C23H23F2N3O3/c1-27(14-18-13-26-28(16-18)15-17-7-4-3-5-8-17)21(29)12-11-19-9-6-10-20(30-2)22(19)31-23(24)25/h3-13,16,23H,14-15H2,1-2H3/b12-11+. The van der Waals surface area contributed by atoms with Crippen LogP contribution in [0.2, 0.25) is 0 Å². The number of para-hydroxylation sites is 1. The van der Waals surface area contributed by atoms with Crippen LogP contribution in [0, 0.1) is 0 Å². The number of hydrogen-bond donors (Lipinski definition) is 0. The molecular formula is C23H23F2N3O3. The molecule has 0 bridgehead atoms. The van der Waals surface area contributed by atoms with Crippen LogP contribution in [0.3, 0.4) is 0 Å². The molecule has 0 aliphatic carbocycles. The molecule has 0 saturated carbocycles. The SMILES string of the molecule is COc1cccc(/C=C/C(=O)N(C)Cc2cnn(Cc3ccccc3)c2)c1OC(F)F. The predicted octanol–water partition coefficient (Wildman–Crippen LogP) is 4.21. The van der Waals surface area contributed by atoms with E-state index in [1.54, 1.807) is 25.4 Å². The second-order valence-electron chi connectivity index (χ2n) is 6.82. The molecule has 0 saturated heterocycles. The summed E-state index contributed by atoms with van der Waals surface area (Å²) in [6, 6.07) is 14.6. The molecule has 0 N–H and O–H groups in total. The number of alkyl halides is 2. The molecule has 0 atom stereocenters. The van der Waals surface area contributed by atoms with Gasteiger partial charge in [-0.25, -0.2) is 0 Å². The van der Waals surface area contributed by atoms with Gasteiger partial charge in [-0.15, -0.1) is 0 Å². The maximum absolute atomic E-state index is 12.7. The van der Waals surface area contributed by atoms with Crippen molar-refractivity contribution in [2.24, 2.45) is 0 Å². The monoisotopic (exact) mass is 427 g/mol. The van der Waals surface area contributed by atoms with E-state index in [2.05, 4.69) is 9.84 Å². The molecular weight excluding hydrogens is 404 g/mol. The smallest absolute Gasteiger partial charge is 0.387 e. The number of aromatic nitrogens is 2. The van der Waals surface area contributed by atoms with Gasteiger partial charge in [-0.05, 0) is 17.7 Å². The lowest BCUT2D eigenvalue weighted by Crippen LogP contribution is -2.23. The Hall–Kier alpha value is -3.68. The second kappa shape index (κ2) is 10.4. The Balaban J connectivity index is 1.64. The third-order valence-electron chi connectivity index (χ3n) is 4.51. The molecule has 0 aliphatic rings. The van der Waals surface area contributed by atoms with Crippen molar-refractivity contribution in [2.45, 2.75) is 19.7 Å². The number of nitrogens with zero attached hydrogens (tertiary/aromatic N) is 3. The van der Waals surface area contributed by atoms with Crippen molar-refractivity contribution in [1.29, 1.82) is 0 Å². The lowest BCUT2D eigenvalue weighted by Gasteiger charge is -2.14. The van der Waals surface area contributed by atoms with E-state index in [0.29, 0.717) is 18.7 Å². The number of carbonyl (C=O) groups is 1. The largest absolute Gasteiger partial charge is 0.493 e. The fourth-order valence-corrected chi connectivity index (χ4v) is 3.03. The molecule has 0 spiro atoms. The minimum atomic E-state index is -3.01. The van der Waals surface area contributed by atoms with E-state index in [0.717, 1.165) is 11.1 Å². The van der Waals surface area contributed by atoms with Crippen molar-refractivity contribution >= 4 is 12.0 Å². The molecule has 0 fully saturated rings. The number of likely N-dealkylation sites (N-methyl/N-ethyl adjacent to an activating group) is 1. The molecule has 6 nitrogen and oxygen atoms in total. The number of hydrogen-bond acceptors (Lipinski definition) is 4. The van der Waals surface area contributed by atoms with E-state index in [4.69, 9.17) is 4.74 Å². The first-order valence-corrected chi connectivity index (χ1v) is 9.56. The highest BCUT2D eigenvalue weighted by atomic mass is 19.3. The van der Waals surface area contributed by atoms with Gasteiger partial charge in [0.1, 0.15) is 0 Å². The fourth-order valence-electron chi connectivity index (χ4n) is 3.03. The van der Waals surface area contributed by atoms with Crippen molar-refractivity contribution in [1.82, 2.24) is 14.7 Å². The summed E-state index contributed by atoms with van der Waals surface area (Å²) in [7, 11) is 3.02. The quantitative estimate of drug-likeness (QED) is 0.480. The first-order valence-electron chi connectivity index (χ1n) is 9.56.